The lowest BCUT2D eigenvalue weighted by atomic mass is 9.92. The molecule has 0 saturated heterocycles. The Morgan fingerprint density at radius 3 is 1.61 bits per heavy atom. The van der Waals surface area contributed by atoms with E-state index >= 15 is 0 Å². The summed E-state index contributed by atoms with van der Waals surface area (Å²) in [6.07, 6.45) is 15.5. The van der Waals surface area contributed by atoms with Gasteiger partial charge in [0, 0.05) is 21.5 Å². The second kappa shape index (κ2) is 14.6. The lowest BCUT2D eigenvalue weighted by Gasteiger charge is -2.14. The molecule has 0 bridgehead atoms. The highest BCUT2D eigenvalue weighted by atomic mass is 16.3. The van der Waals surface area contributed by atoms with Crippen LogP contribution in [0, 0.1) is 17.8 Å². The number of aryl methyl sites for hydroxylation is 2. The van der Waals surface area contributed by atoms with E-state index in [0.29, 0.717) is 11.7 Å². The molecule has 2 unspecified atom stereocenters. The van der Waals surface area contributed by atoms with E-state index in [0.717, 1.165) is 59.1 Å². The molecule has 0 fully saturated rings. The van der Waals surface area contributed by atoms with Gasteiger partial charge in [0.15, 0.2) is 0 Å². The number of benzene rings is 3. The van der Waals surface area contributed by atoms with Crippen molar-refractivity contribution in [1.82, 2.24) is 0 Å². The van der Waals surface area contributed by atoms with Crippen molar-refractivity contribution in [3.05, 3.63) is 59.2 Å². The van der Waals surface area contributed by atoms with Gasteiger partial charge in [-0.25, -0.2) is 0 Å². The van der Waals surface area contributed by atoms with Crippen molar-refractivity contribution in [2.24, 2.45) is 17.8 Å². The van der Waals surface area contributed by atoms with Crippen molar-refractivity contribution in [2.45, 2.75) is 112 Å². The molecule has 2 N–H and O–H groups in total. The summed E-state index contributed by atoms with van der Waals surface area (Å²) in [6, 6.07) is 12.4. The van der Waals surface area contributed by atoms with Gasteiger partial charge in [0.2, 0.25) is 0 Å². The van der Waals surface area contributed by atoms with Gasteiger partial charge in [-0.15, -0.1) is 0 Å². The molecule has 0 saturated carbocycles. The van der Waals surface area contributed by atoms with E-state index in [9.17, 15) is 10.2 Å². The molecule has 38 heavy (non-hydrogen) atoms. The summed E-state index contributed by atoms with van der Waals surface area (Å²) in [6.45, 7) is 13.7. The maximum atomic E-state index is 11.3. The molecule has 208 valence electrons. The van der Waals surface area contributed by atoms with Crippen molar-refractivity contribution >= 4 is 21.5 Å². The summed E-state index contributed by atoms with van der Waals surface area (Å²) in [5.74, 6) is 2.84. The first-order chi connectivity index (χ1) is 18.2. The maximum absolute atomic E-state index is 11.3. The third-order valence-electron chi connectivity index (χ3n) is 8.20. The molecule has 0 aliphatic rings. The molecular formula is C36H52O2. The first-order valence-electron chi connectivity index (χ1n) is 15.2. The fourth-order valence-corrected chi connectivity index (χ4v) is 5.72. The van der Waals surface area contributed by atoms with Gasteiger partial charge in [-0.2, -0.15) is 0 Å². The van der Waals surface area contributed by atoms with Gasteiger partial charge >= 0.3 is 0 Å². The van der Waals surface area contributed by atoms with Crippen molar-refractivity contribution in [3.8, 4) is 11.5 Å². The third-order valence-corrected chi connectivity index (χ3v) is 8.20. The van der Waals surface area contributed by atoms with E-state index in [-0.39, 0.29) is 5.75 Å². The molecule has 0 radical (unpaired) electrons. The van der Waals surface area contributed by atoms with Crippen molar-refractivity contribution in [2.75, 3.05) is 0 Å². The highest BCUT2D eigenvalue weighted by molar-refractivity contribution is 6.10. The zero-order chi connectivity index (χ0) is 27.7. The monoisotopic (exact) mass is 516 g/mol. The number of hydrogen-bond donors (Lipinski definition) is 2. The third kappa shape index (κ3) is 8.79. The van der Waals surface area contributed by atoms with E-state index < -0.39 is 0 Å². The maximum Gasteiger partial charge on any atom is 0.131 e. The van der Waals surface area contributed by atoms with Gasteiger partial charge in [-0.1, -0.05) is 95.7 Å². The Hall–Kier alpha value is -2.48. The van der Waals surface area contributed by atoms with Crippen LogP contribution >= 0.6 is 0 Å². The zero-order valence-electron chi connectivity index (χ0n) is 24.9. The Morgan fingerprint density at radius 2 is 1.11 bits per heavy atom. The van der Waals surface area contributed by atoms with Crippen LogP contribution in [0.25, 0.3) is 21.5 Å². The van der Waals surface area contributed by atoms with Crippen LogP contribution in [0.5, 0.6) is 11.5 Å². The number of allylic oxidation sites excluding steroid dienone is 2. The van der Waals surface area contributed by atoms with Crippen LogP contribution in [0.15, 0.2) is 48.0 Å². The average molecular weight is 517 g/mol. The van der Waals surface area contributed by atoms with Crippen LogP contribution in [0.1, 0.15) is 110 Å². The van der Waals surface area contributed by atoms with Gasteiger partial charge in [0.25, 0.3) is 0 Å². The van der Waals surface area contributed by atoms with Crippen molar-refractivity contribution < 1.29 is 10.2 Å². The van der Waals surface area contributed by atoms with Gasteiger partial charge < -0.3 is 10.2 Å². The Morgan fingerprint density at radius 1 is 0.632 bits per heavy atom. The summed E-state index contributed by atoms with van der Waals surface area (Å²) in [5.41, 5.74) is 3.86. The molecule has 0 spiro atoms. The lowest BCUT2D eigenvalue weighted by Crippen LogP contribution is -1.98. The summed E-state index contributed by atoms with van der Waals surface area (Å²) in [7, 11) is 0. The fourth-order valence-electron chi connectivity index (χ4n) is 5.72. The Balaban J connectivity index is 1.66. The molecule has 3 aromatic carbocycles. The largest absolute Gasteiger partial charge is 0.507 e. The van der Waals surface area contributed by atoms with E-state index in [1.165, 1.54) is 61.6 Å². The van der Waals surface area contributed by atoms with E-state index in [2.05, 4.69) is 71.9 Å². The minimum Gasteiger partial charge on any atom is -0.507 e. The Kier molecular flexibility index (Phi) is 11.6. The van der Waals surface area contributed by atoms with Gasteiger partial charge in [0.05, 0.1) is 0 Å². The number of hydrogen-bond acceptors (Lipinski definition) is 2. The summed E-state index contributed by atoms with van der Waals surface area (Å²) in [5, 5.41) is 25.3. The SMILES string of the molecule is CC(C)=CCCC(C)CCCc1ccc2c(O)c3ccc(CCCC(C)CCCC(C)C)cc3c(O)c2c1. The van der Waals surface area contributed by atoms with Crippen LogP contribution in [0.3, 0.4) is 0 Å². The molecule has 2 nitrogen and oxygen atoms in total. The normalized spacial score (nSPS) is 13.3. The minimum absolute atomic E-state index is 0.276. The van der Waals surface area contributed by atoms with Crippen LogP contribution in [0.4, 0.5) is 0 Å². The van der Waals surface area contributed by atoms with Crippen molar-refractivity contribution in [1.29, 1.82) is 0 Å². The molecule has 3 aromatic rings. The second-order valence-corrected chi connectivity index (χ2v) is 12.6. The second-order valence-electron chi connectivity index (χ2n) is 12.6. The minimum atomic E-state index is 0.276. The van der Waals surface area contributed by atoms with Crippen LogP contribution < -0.4 is 0 Å². The first-order valence-corrected chi connectivity index (χ1v) is 15.2. The van der Waals surface area contributed by atoms with E-state index in [1.54, 1.807) is 0 Å². The smallest absolute Gasteiger partial charge is 0.131 e. The zero-order valence-corrected chi connectivity index (χ0v) is 24.9. The topological polar surface area (TPSA) is 40.5 Å². The first kappa shape index (κ1) is 30.1. The van der Waals surface area contributed by atoms with Crippen LogP contribution in [-0.4, -0.2) is 10.2 Å². The van der Waals surface area contributed by atoms with Crippen LogP contribution in [0.2, 0.25) is 0 Å². The van der Waals surface area contributed by atoms with Gasteiger partial charge in [0.1, 0.15) is 11.5 Å². The Labute approximate surface area is 232 Å². The fraction of sp³-hybridized carbons (Fsp3) is 0.556. The van der Waals surface area contributed by atoms with Gasteiger partial charge in [-0.3, -0.25) is 0 Å². The number of phenols is 2. The summed E-state index contributed by atoms with van der Waals surface area (Å²) < 4.78 is 0. The lowest BCUT2D eigenvalue weighted by molar-refractivity contribution is 0.427. The quantitative estimate of drug-likeness (QED) is 0.120. The van der Waals surface area contributed by atoms with E-state index in [1.807, 2.05) is 12.1 Å². The molecule has 0 aromatic heterocycles. The number of aromatic hydroxyl groups is 2. The molecule has 3 rings (SSSR count). The van der Waals surface area contributed by atoms with Crippen molar-refractivity contribution in [3.63, 3.8) is 0 Å². The number of fused-ring (bicyclic) bond motifs is 2. The number of rotatable bonds is 15. The van der Waals surface area contributed by atoms with Crippen LogP contribution in [-0.2, 0) is 12.8 Å². The van der Waals surface area contributed by atoms with Gasteiger partial charge in [-0.05, 0) is 93.4 Å². The molecule has 2 heteroatoms. The highest BCUT2D eigenvalue weighted by Crippen LogP contribution is 2.42. The standard InChI is InChI=1S/C36H52O2/c1-25(2)11-7-13-27(5)15-9-17-29-19-21-31-33(23-29)36(38)34-24-30(20-22-32(34)35(31)37)18-10-16-28(6)14-8-12-26(3)4/h11,19-24,26-28,37-38H,7-10,12-18H2,1-6H3. The summed E-state index contributed by atoms with van der Waals surface area (Å²) in [4.78, 5) is 0. The van der Waals surface area contributed by atoms with E-state index in [4.69, 9.17) is 0 Å². The molecule has 0 aliphatic carbocycles. The Bertz CT molecular complexity index is 1200. The molecule has 0 aliphatic heterocycles. The molecular weight excluding hydrogens is 464 g/mol. The summed E-state index contributed by atoms with van der Waals surface area (Å²) >= 11 is 0. The molecule has 0 heterocycles. The molecule has 2 atom stereocenters. The number of phenolic OH excluding ortho intramolecular Hbond substituents is 2. The predicted octanol–water partition coefficient (Wildman–Crippen LogP) is 10.9. The molecule has 0 amide bonds. The predicted molar refractivity (Wildman–Crippen MR) is 166 cm³/mol. The highest BCUT2D eigenvalue weighted by Gasteiger charge is 2.14. The average Bonchev–Trinajstić information content (AvgIpc) is 2.86.